The molecule has 2 heteroatoms. The van der Waals surface area contributed by atoms with Gasteiger partial charge in [-0.3, -0.25) is 0 Å². The van der Waals surface area contributed by atoms with Crippen LogP contribution in [-0.2, 0) is 0 Å². The van der Waals surface area contributed by atoms with E-state index >= 15 is 0 Å². The number of aliphatic hydroxyl groups is 1. The van der Waals surface area contributed by atoms with Crippen LogP contribution in [0.3, 0.4) is 0 Å². The van der Waals surface area contributed by atoms with Crippen LogP contribution in [-0.4, -0.2) is 24.3 Å². The van der Waals surface area contributed by atoms with Crippen molar-refractivity contribution in [2.75, 3.05) is 13.1 Å². The van der Waals surface area contributed by atoms with Crippen LogP contribution in [0.4, 0.5) is 0 Å². The van der Waals surface area contributed by atoms with Gasteiger partial charge >= 0.3 is 0 Å². The van der Waals surface area contributed by atoms with Gasteiger partial charge in [0.2, 0.25) is 0 Å². The molecule has 1 aliphatic carbocycles. The maximum absolute atomic E-state index is 9.28. The summed E-state index contributed by atoms with van der Waals surface area (Å²) in [7, 11) is 0. The molecule has 0 amide bonds. The summed E-state index contributed by atoms with van der Waals surface area (Å²) in [6.07, 6.45) is 6.39. The van der Waals surface area contributed by atoms with E-state index in [1.54, 1.807) is 0 Å². The van der Waals surface area contributed by atoms with Gasteiger partial charge in [0.15, 0.2) is 0 Å². The molecule has 0 saturated heterocycles. The van der Waals surface area contributed by atoms with Gasteiger partial charge in [-0.05, 0) is 57.0 Å². The highest BCUT2D eigenvalue weighted by atomic mass is 16.3. The Labute approximate surface area is 101 Å². The minimum atomic E-state index is -0.161. The minimum Gasteiger partial charge on any atom is -0.393 e. The highest BCUT2D eigenvalue weighted by molar-refractivity contribution is 4.72. The van der Waals surface area contributed by atoms with E-state index in [0.717, 1.165) is 24.8 Å². The minimum absolute atomic E-state index is 0.161. The second-order valence-electron chi connectivity index (χ2n) is 5.99. The quantitative estimate of drug-likeness (QED) is 0.731. The zero-order valence-corrected chi connectivity index (χ0v) is 11.2. The van der Waals surface area contributed by atoms with Gasteiger partial charge < -0.3 is 10.4 Å². The van der Waals surface area contributed by atoms with E-state index in [4.69, 9.17) is 0 Å². The average Bonchev–Trinajstić information content (AvgIpc) is 2.16. The fraction of sp³-hybridized carbons (Fsp3) is 1.00. The van der Waals surface area contributed by atoms with Crippen molar-refractivity contribution >= 4 is 0 Å². The van der Waals surface area contributed by atoms with Gasteiger partial charge in [0.1, 0.15) is 0 Å². The summed E-state index contributed by atoms with van der Waals surface area (Å²) in [5.41, 5.74) is 0. The third kappa shape index (κ3) is 5.86. The van der Waals surface area contributed by atoms with Gasteiger partial charge in [-0.2, -0.15) is 0 Å². The number of nitrogens with one attached hydrogen (secondary N) is 1. The third-order valence-electron chi connectivity index (χ3n) is 3.71. The average molecular weight is 227 g/mol. The number of hydrogen-bond donors (Lipinski definition) is 2. The number of hydrogen-bond acceptors (Lipinski definition) is 2. The van der Waals surface area contributed by atoms with E-state index in [1.165, 1.54) is 32.2 Å². The molecule has 0 aromatic heterocycles. The van der Waals surface area contributed by atoms with Crippen LogP contribution in [0.15, 0.2) is 0 Å². The molecule has 2 N–H and O–H groups in total. The van der Waals surface area contributed by atoms with Crippen LogP contribution in [0.1, 0.15) is 52.9 Å². The second kappa shape index (κ2) is 7.29. The van der Waals surface area contributed by atoms with Crippen molar-refractivity contribution < 1.29 is 5.11 Å². The first-order chi connectivity index (χ1) is 7.58. The molecule has 1 saturated carbocycles. The predicted molar refractivity (Wildman–Crippen MR) is 69.5 cm³/mol. The van der Waals surface area contributed by atoms with Crippen molar-refractivity contribution in [3.8, 4) is 0 Å². The van der Waals surface area contributed by atoms with Gasteiger partial charge in [0.25, 0.3) is 0 Å². The largest absolute Gasteiger partial charge is 0.393 e. The maximum Gasteiger partial charge on any atom is 0.0515 e. The highest BCUT2D eigenvalue weighted by Crippen LogP contribution is 2.27. The van der Waals surface area contributed by atoms with Gasteiger partial charge in [-0.15, -0.1) is 0 Å². The molecule has 16 heavy (non-hydrogen) atoms. The van der Waals surface area contributed by atoms with E-state index in [0.29, 0.717) is 5.92 Å². The number of aliphatic hydroxyl groups excluding tert-OH is 1. The van der Waals surface area contributed by atoms with Gasteiger partial charge in [-0.25, -0.2) is 0 Å². The van der Waals surface area contributed by atoms with Crippen LogP contribution in [0.2, 0.25) is 0 Å². The van der Waals surface area contributed by atoms with Crippen molar-refractivity contribution in [1.82, 2.24) is 5.32 Å². The summed E-state index contributed by atoms with van der Waals surface area (Å²) in [5.74, 6) is 2.40. The Hall–Kier alpha value is -0.0800. The van der Waals surface area contributed by atoms with Gasteiger partial charge in [0, 0.05) is 0 Å². The summed E-state index contributed by atoms with van der Waals surface area (Å²) in [6.45, 7) is 8.69. The molecule has 0 radical (unpaired) electrons. The van der Waals surface area contributed by atoms with Crippen molar-refractivity contribution in [2.45, 2.75) is 59.0 Å². The van der Waals surface area contributed by atoms with Gasteiger partial charge in [0.05, 0.1) is 6.10 Å². The van der Waals surface area contributed by atoms with E-state index < -0.39 is 0 Å². The lowest BCUT2D eigenvalue weighted by molar-refractivity contribution is 0.162. The molecule has 1 rings (SSSR count). The molecule has 0 spiro atoms. The van der Waals surface area contributed by atoms with Crippen molar-refractivity contribution in [2.24, 2.45) is 17.8 Å². The van der Waals surface area contributed by atoms with Gasteiger partial charge in [-0.1, -0.05) is 26.7 Å². The molecule has 0 aliphatic heterocycles. The fourth-order valence-corrected chi connectivity index (χ4v) is 2.94. The summed E-state index contributed by atoms with van der Waals surface area (Å²) in [5, 5.41) is 12.8. The lowest BCUT2D eigenvalue weighted by Gasteiger charge is -2.27. The topological polar surface area (TPSA) is 32.3 Å². The normalized spacial score (nSPS) is 30.0. The lowest BCUT2D eigenvalue weighted by Crippen LogP contribution is -2.30. The molecule has 0 bridgehead atoms. The van der Waals surface area contributed by atoms with E-state index in [9.17, 15) is 5.11 Å². The molecule has 96 valence electrons. The monoisotopic (exact) mass is 227 g/mol. The number of rotatable bonds is 6. The summed E-state index contributed by atoms with van der Waals surface area (Å²) >= 11 is 0. The molecular formula is C14H29NO. The third-order valence-corrected chi connectivity index (χ3v) is 3.71. The first-order valence-corrected chi connectivity index (χ1v) is 6.96. The molecule has 4 atom stereocenters. The molecule has 0 aromatic rings. The molecular weight excluding hydrogens is 198 g/mol. The van der Waals surface area contributed by atoms with Crippen LogP contribution in [0, 0.1) is 17.8 Å². The second-order valence-corrected chi connectivity index (χ2v) is 5.99. The summed E-state index contributed by atoms with van der Waals surface area (Å²) < 4.78 is 0. The Bertz CT molecular complexity index is 182. The van der Waals surface area contributed by atoms with E-state index in [-0.39, 0.29) is 6.10 Å². The molecule has 1 fully saturated rings. The maximum atomic E-state index is 9.28. The first-order valence-electron chi connectivity index (χ1n) is 6.96. The first kappa shape index (κ1) is 14.0. The Balaban J connectivity index is 2.05. The Morgan fingerprint density at radius 1 is 1.31 bits per heavy atom. The van der Waals surface area contributed by atoms with E-state index in [1.807, 2.05) is 6.92 Å². The van der Waals surface area contributed by atoms with Crippen molar-refractivity contribution in [3.63, 3.8) is 0 Å². The van der Waals surface area contributed by atoms with Crippen LogP contribution in [0.5, 0.6) is 0 Å². The molecule has 1 aliphatic rings. The molecule has 2 nitrogen and oxygen atoms in total. The smallest absolute Gasteiger partial charge is 0.0515 e. The zero-order valence-electron chi connectivity index (χ0n) is 11.2. The van der Waals surface area contributed by atoms with Crippen LogP contribution in [0.25, 0.3) is 0 Å². The van der Waals surface area contributed by atoms with Crippen LogP contribution >= 0.6 is 0 Å². The standard InChI is InChI=1S/C14H29NO/c1-11-5-4-6-14(8-11)10-15-9-12(2)7-13(3)16/h11-16H,4-10H2,1-3H3/t11-,12-,13-,14+/m0/s1. The van der Waals surface area contributed by atoms with Crippen LogP contribution < -0.4 is 5.32 Å². The SMILES string of the molecule is C[C@H](CNC[C@@H]1CCC[C@H](C)C1)C[C@H](C)O. The Morgan fingerprint density at radius 2 is 2.06 bits per heavy atom. The Morgan fingerprint density at radius 3 is 2.69 bits per heavy atom. The Kier molecular flexibility index (Phi) is 6.37. The fourth-order valence-electron chi connectivity index (χ4n) is 2.94. The lowest BCUT2D eigenvalue weighted by atomic mass is 9.82. The summed E-state index contributed by atoms with van der Waals surface area (Å²) in [4.78, 5) is 0. The highest BCUT2D eigenvalue weighted by Gasteiger charge is 2.18. The predicted octanol–water partition coefficient (Wildman–Crippen LogP) is 2.81. The molecule has 0 unspecified atom stereocenters. The zero-order chi connectivity index (χ0) is 12.0. The van der Waals surface area contributed by atoms with Crippen molar-refractivity contribution in [3.05, 3.63) is 0 Å². The molecule has 0 heterocycles. The molecule has 0 aromatic carbocycles. The van der Waals surface area contributed by atoms with E-state index in [2.05, 4.69) is 19.2 Å². The summed E-state index contributed by atoms with van der Waals surface area (Å²) in [6, 6.07) is 0. The van der Waals surface area contributed by atoms with Crippen molar-refractivity contribution in [1.29, 1.82) is 0 Å².